The summed E-state index contributed by atoms with van der Waals surface area (Å²) in [6.07, 6.45) is 2.39. The smallest absolute Gasteiger partial charge is 0.274 e. The Balaban J connectivity index is 2.73. The molecule has 5 heteroatoms. The molecule has 1 aromatic heterocycles. The first kappa shape index (κ1) is 9.44. The Morgan fingerprint density at radius 3 is 3.08 bits per heavy atom. The van der Waals surface area contributed by atoms with Crippen molar-refractivity contribution in [2.45, 2.75) is 13.3 Å². The molecule has 0 spiro atoms. The Hall–Kier alpha value is -1.65. The molecule has 0 aliphatic heterocycles. The van der Waals surface area contributed by atoms with Crippen molar-refractivity contribution in [3.05, 3.63) is 28.4 Å². The first-order valence-electron chi connectivity index (χ1n) is 4.08. The summed E-state index contributed by atoms with van der Waals surface area (Å²) in [6, 6.07) is 2.80. The minimum absolute atomic E-state index is 0.0635. The van der Waals surface area contributed by atoms with E-state index in [1.807, 2.05) is 6.92 Å². The lowest BCUT2D eigenvalue weighted by Crippen LogP contribution is -2.02. The van der Waals surface area contributed by atoms with Crippen molar-refractivity contribution in [2.75, 3.05) is 11.9 Å². The Kier molecular flexibility index (Phi) is 3.19. The summed E-state index contributed by atoms with van der Waals surface area (Å²) in [5.41, 5.74) is 0.0635. The lowest BCUT2D eigenvalue weighted by atomic mass is 10.4. The van der Waals surface area contributed by atoms with Crippen molar-refractivity contribution in [1.82, 2.24) is 4.98 Å². The van der Waals surface area contributed by atoms with E-state index in [-0.39, 0.29) is 5.69 Å². The van der Waals surface area contributed by atoms with Gasteiger partial charge in [-0.15, -0.1) is 0 Å². The molecule has 5 nitrogen and oxygen atoms in total. The van der Waals surface area contributed by atoms with Crippen LogP contribution in [0.3, 0.4) is 0 Å². The van der Waals surface area contributed by atoms with Crippen molar-refractivity contribution in [3.8, 4) is 0 Å². The third kappa shape index (κ3) is 2.70. The molecule has 0 amide bonds. The summed E-state index contributed by atoms with van der Waals surface area (Å²) in [5.74, 6) is 0.552. The molecule has 13 heavy (non-hydrogen) atoms. The zero-order valence-electron chi connectivity index (χ0n) is 7.36. The van der Waals surface area contributed by atoms with E-state index in [4.69, 9.17) is 0 Å². The number of nitro groups is 1. The number of hydrogen-bond acceptors (Lipinski definition) is 4. The van der Waals surface area contributed by atoms with Gasteiger partial charge in [0.1, 0.15) is 5.82 Å². The van der Waals surface area contributed by atoms with Crippen LogP contribution in [0.1, 0.15) is 13.3 Å². The molecule has 1 heterocycles. The molecule has 0 radical (unpaired) electrons. The summed E-state index contributed by atoms with van der Waals surface area (Å²) >= 11 is 0. The second-order valence-electron chi connectivity index (χ2n) is 2.58. The van der Waals surface area contributed by atoms with E-state index < -0.39 is 4.92 Å². The van der Waals surface area contributed by atoms with E-state index in [1.165, 1.54) is 18.3 Å². The molecule has 0 aromatic carbocycles. The van der Waals surface area contributed by atoms with E-state index in [9.17, 15) is 10.1 Å². The zero-order chi connectivity index (χ0) is 9.68. The van der Waals surface area contributed by atoms with E-state index >= 15 is 0 Å². The molecular formula is C8H11N3O2. The summed E-state index contributed by atoms with van der Waals surface area (Å²) < 4.78 is 0. The molecule has 1 rings (SSSR count). The van der Waals surface area contributed by atoms with Crippen LogP contribution in [0.15, 0.2) is 18.3 Å². The van der Waals surface area contributed by atoms with Crippen LogP contribution in [0.5, 0.6) is 0 Å². The quantitative estimate of drug-likeness (QED) is 0.568. The Morgan fingerprint density at radius 1 is 1.69 bits per heavy atom. The van der Waals surface area contributed by atoms with Crippen LogP contribution >= 0.6 is 0 Å². The standard InChI is InChI=1S/C8H11N3O2/c1-2-4-9-8-6-7(11(12)13)3-5-10-8/h3,5-6H,2,4H2,1H3,(H,9,10). The minimum atomic E-state index is -0.432. The molecule has 0 aliphatic carbocycles. The van der Waals surface area contributed by atoms with Crippen molar-refractivity contribution in [1.29, 1.82) is 0 Å². The molecule has 70 valence electrons. The van der Waals surface area contributed by atoms with Crippen molar-refractivity contribution in [3.63, 3.8) is 0 Å². The van der Waals surface area contributed by atoms with Gasteiger partial charge in [-0.25, -0.2) is 4.98 Å². The summed E-state index contributed by atoms with van der Waals surface area (Å²) in [7, 11) is 0. The number of anilines is 1. The van der Waals surface area contributed by atoms with Crippen LogP contribution in [-0.2, 0) is 0 Å². The number of pyridine rings is 1. The van der Waals surface area contributed by atoms with Crippen molar-refractivity contribution in [2.24, 2.45) is 0 Å². The van der Waals surface area contributed by atoms with Crippen molar-refractivity contribution < 1.29 is 4.92 Å². The Labute approximate surface area is 75.9 Å². The molecule has 1 N–H and O–H groups in total. The van der Waals surface area contributed by atoms with Gasteiger partial charge in [-0.05, 0) is 6.42 Å². The zero-order valence-corrected chi connectivity index (χ0v) is 7.36. The van der Waals surface area contributed by atoms with Gasteiger partial charge in [0, 0.05) is 18.8 Å². The third-order valence-electron chi connectivity index (χ3n) is 1.51. The number of rotatable bonds is 4. The Bertz CT molecular complexity index is 301. The van der Waals surface area contributed by atoms with Gasteiger partial charge >= 0.3 is 0 Å². The maximum absolute atomic E-state index is 10.4. The molecule has 0 unspecified atom stereocenters. The number of nitrogens with zero attached hydrogens (tertiary/aromatic N) is 2. The summed E-state index contributed by atoms with van der Waals surface area (Å²) in [4.78, 5) is 13.9. The number of hydrogen-bond donors (Lipinski definition) is 1. The molecule has 0 fully saturated rings. The molecule has 1 aromatic rings. The lowest BCUT2D eigenvalue weighted by molar-refractivity contribution is -0.384. The second kappa shape index (κ2) is 4.39. The third-order valence-corrected chi connectivity index (χ3v) is 1.51. The second-order valence-corrected chi connectivity index (χ2v) is 2.58. The van der Waals surface area contributed by atoms with E-state index in [0.717, 1.165) is 13.0 Å². The fourth-order valence-corrected chi connectivity index (χ4v) is 0.883. The van der Waals surface area contributed by atoms with Gasteiger partial charge in [-0.3, -0.25) is 10.1 Å². The fraction of sp³-hybridized carbons (Fsp3) is 0.375. The normalized spacial score (nSPS) is 9.62. The van der Waals surface area contributed by atoms with Crippen LogP contribution in [0.4, 0.5) is 11.5 Å². The molecule has 0 atom stereocenters. The van der Waals surface area contributed by atoms with Crippen LogP contribution in [0, 0.1) is 10.1 Å². The van der Waals surface area contributed by atoms with Gasteiger partial charge in [0.25, 0.3) is 5.69 Å². The average Bonchev–Trinajstić information content (AvgIpc) is 2.15. The van der Waals surface area contributed by atoms with Gasteiger partial charge in [-0.1, -0.05) is 6.92 Å². The first-order valence-corrected chi connectivity index (χ1v) is 4.08. The summed E-state index contributed by atoms with van der Waals surface area (Å²) in [6.45, 7) is 2.79. The van der Waals surface area contributed by atoms with Crippen molar-refractivity contribution >= 4 is 11.5 Å². The maximum atomic E-state index is 10.4. The first-order chi connectivity index (χ1) is 6.24. The topological polar surface area (TPSA) is 68.1 Å². The minimum Gasteiger partial charge on any atom is -0.370 e. The number of nitrogens with one attached hydrogen (secondary N) is 1. The largest absolute Gasteiger partial charge is 0.370 e. The molecule has 0 saturated carbocycles. The van der Waals surface area contributed by atoms with Gasteiger partial charge in [0.2, 0.25) is 0 Å². The highest BCUT2D eigenvalue weighted by Gasteiger charge is 2.05. The van der Waals surface area contributed by atoms with Crippen LogP contribution in [-0.4, -0.2) is 16.5 Å². The molecule has 0 bridgehead atoms. The van der Waals surface area contributed by atoms with E-state index in [0.29, 0.717) is 5.82 Å². The average molecular weight is 181 g/mol. The van der Waals surface area contributed by atoms with Gasteiger partial charge < -0.3 is 5.32 Å². The van der Waals surface area contributed by atoms with E-state index in [2.05, 4.69) is 10.3 Å². The van der Waals surface area contributed by atoms with Crippen LogP contribution in [0.25, 0.3) is 0 Å². The van der Waals surface area contributed by atoms with Gasteiger partial charge in [0.15, 0.2) is 0 Å². The highest BCUT2D eigenvalue weighted by atomic mass is 16.6. The van der Waals surface area contributed by atoms with Crippen LogP contribution < -0.4 is 5.32 Å². The monoisotopic (exact) mass is 181 g/mol. The molecule has 0 saturated heterocycles. The van der Waals surface area contributed by atoms with Gasteiger partial charge in [-0.2, -0.15) is 0 Å². The van der Waals surface area contributed by atoms with Gasteiger partial charge in [0.05, 0.1) is 11.0 Å². The Morgan fingerprint density at radius 2 is 2.46 bits per heavy atom. The SMILES string of the molecule is CCCNc1cc([N+](=O)[O-])ccn1. The fourth-order valence-electron chi connectivity index (χ4n) is 0.883. The molecule has 0 aliphatic rings. The maximum Gasteiger partial charge on any atom is 0.274 e. The predicted molar refractivity (Wildman–Crippen MR) is 49.7 cm³/mol. The number of aromatic nitrogens is 1. The lowest BCUT2D eigenvalue weighted by Gasteiger charge is -2.01. The van der Waals surface area contributed by atoms with Crippen LogP contribution in [0.2, 0.25) is 0 Å². The van der Waals surface area contributed by atoms with E-state index in [1.54, 1.807) is 0 Å². The summed E-state index contributed by atoms with van der Waals surface area (Å²) in [5, 5.41) is 13.4. The molecular weight excluding hydrogens is 170 g/mol. The highest BCUT2D eigenvalue weighted by molar-refractivity contribution is 5.43. The highest BCUT2D eigenvalue weighted by Crippen LogP contribution is 2.13. The predicted octanol–water partition coefficient (Wildman–Crippen LogP) is 1.81.